The number of hydrogen-bond acceptors (Lipinski definition) is 0. The molecule has 0 aromatic heterocycles. The molecule has 4 rings (SSSR count). The molecule has 0 atom stereocenters. The van der Waals surface area contributed by atoms with Crippen LogP contribution in [0.25, 0.3) is 0 Å². The molecule has 4 aromatic carbocycles. The van der Waals surface area contributed by atoms with Gasteiger partial charge in [-0.2, -0.15) is 21.9 Å². The average molecular weight is 403 g/mol. The summed E-state index contributed by atoms with van der Waals surface area (Å²) in [5.74, 6) is 0. The van der Waals surface area contributed by atoms with Gasteiger partial charge in [-0.25, -0.2) is 0 Å². The number of aryl methyl sites for hydroxylation is 6. The van der Waals surface area contributed by atoms with Crippen LogP contribution in [0, 0.1) is 41.5 Å². The van der Waals surface area contributed by atoms with E-state index in [-0.39, 0.29) is 0 Å². The van der Waals surface area contributed by atoms with Crippen molar-refractivity contribution in [3.05, 3.63) is 118 Å². The van der Waals surface area contributed by atoms with Crippen LogP contribution >= 0.6 is 0 Å². The topological polar surface area (TPSA) is 0 Å². The molecule has 0 saturated carbocycles. The smallest absolute Gasteiger partial charge is 0.109 e. The van der Waals surface area contributed by atoms with Crippen LogP contribution in [0.15, 0.2) is 84.9 Å². The van der Waals surface area contributed by atoms with E-state index in [1.807, 2.05) is 0 Å². The fourth-order valence-corrected chi connectivity index (χ4v) is 5.46. The molecule has 156 valence electrons. The second-order valence-corrected chi connectivity index (χ2v) is 9.36. The summed E-state index contributed by atoms with van der Waals surface area (Å²) in [6.07, 6.45) is -1.35. The van der Waals surface area contributed by atoms with E-state index in [9.17, 15) is 0 Å². The molecule has 0 fully saturated rings. The van der Waals surface area contributed by atoms with Gasteiger partial charge in [0, 0.05) is 0 Å². The van der Waals surface area contributed by atoms with Crippen LogP contribution in [0.3, 0.4) is 0 Å². The van der Waals surface area contributed by atoms with E-state index in [2.05, 4.69) is 126 Å². The molecule has 0 N–H and O–H groups in total. The van der Waals surface area contributed by atoms with Crippen molar-refractivity contribution >= 4 is 28.0 Å². The first-order valence-corrected chi connectivity index (χ1v) is 11.3. The summed E-state index contributed by atoms with van der Waals surface area (Å²) in [5.41, 5.74) is 13.6. The Bertz CT molecular complexity index is 1110. The maximum Gasteiger partial charge on any atom is 0.109 e. The third-order valence-electron chi connectivity index (χ3n) is 7.00. The van der Waals surface area contributed by atoms with Gasteiger partial charge in [-0.15, -0.1) is 0 Å². The lowest BCUT2D eigenvalue weighted by Crippen LogP contribution is -2.76. The van der Waals surface area contributed by atoms with Gasteiger partial charge in [0.15, 0.2) is 0 Å². The monoisotopic (exact) mass is 403 g/mol. The van der Waals surface area contributed by atoms with Gasteiger partial charge >= 0.3 is 0 Å². The average Bonchev–Trinajstić information content (AvgIpc) is 2.76. The third kappa shape index (κ3) is 3.63. The van der Waals surface area contributed by atoms with Gasteiger partial charge in [0.25, 0.3) is 0 Å². The first-order valence-electron chi connectivity index (χ1n) is 11.3. The second kappa shape index (κ2) is 8.23. The van der Waals surface area contributed by atoms with E-state index in [0.29, 0.717) is 0 Å². The van der Waals surface area contributed by atoms with E-state index < -0.39 is 6.15 Å². The lowest BCUT2D eigenvalue weighted by Gasteiger charge is -2.47. The summed E-state index contributed by atoms with van der Waals surface area (Å²) in [6.45, 7) is 13.4. The molecule has 0 nitrogen and oxygen atoms in total. The van der Waals surface area contributed by atoms with Crippen LogP contribution in [-0.2, 0) is 0 Å². The van der Waals surface area contributed by atoms with Crippen molar-refractivity contribution in [3.63, 3.8) is 0 Å². The van der Waals surface area contributed by atoms with Gasteiger partial charge in [0.05, 0.1) is 0 Å². The van der Waals surface area contributed by atoms with Crippen LogP contribution in [0.5, 0.6) is 0 Å². The Morgan fingerprint density at radius 3 is 1.13 bits per heavy atom. The Kier molecular flexibility index (Phi) is 5.62. The molecule has 0 aliphatic rings. The van der Waals surface area contributed by atoms with Crippen LogP contribution in [0.4, 0.5) is 0 Å². The quantitative estimate of drug-likeness (QED) is 0.425. The Morgan fingerprint density at radius 2 is 0.774 bits per heavy atom. The second-order valence-electron chi connectivity index (χ2n) is 9.36. The van der Waals surface area contributed by atoms with Crippen molar-refractivity contribution in [1.29, 1.82) is 0 Å². The third-order valence-corrected chi connectivity index (χ3v) is 7.00. The minimum atomic E-state index is -1.35. The highest BCUT2D eigenvalue weighted by atomic mass is 14.2. The van der Waals surface area contributed by atoms with Crippen LogP contribution in [0.1, 0.15) is 33.4 Å². The van der Waals surface area contributed by atoms with Crippen molar-refractivity contribution in [2.24, 2.45) is 0 Å². The van der Waals surface area contributed by atoms with Crippen molar-refractivity contribution < 1.29 is 0 Å². The van der Waals surface area contributed by atoms with Crippen molar-refractivity contribution in [2.75, 3.05) is 0 Å². The highest BCUT2D eigenvalue weighted by Gasteiger charge is 2.35. The standard InChI is InChI=1S/C30H32B/c1-21-12-15-24(4)28(18-21)31(27-10-8-7-9-11-27,29-19-22(2)13-16-25(29)5)30-20-23(3)14-17-26(30)6/h7-20H,1-6H3/q-1. The molecular weight excluding hydrogens is 371 g/mol. The Hall–Kier alpha value is -3.06. The SMILES string of the molecule is Cc1ccc(C)c([B-](c2ccccc2)(c2cc(C)ccc2C)c2cc(C)ccc2C)c1. The van der Waals surface area contributed by atoms with E-state index in [4.69, 9.17) is 0 Å². The molecule has 0 spiro atoms. The maximum absolute atomic E-state index is 2.42. The number of rotatable bonds is 4. The van der Waals surface area contributed by atoms with Gasteiger partial charge in [-0.3, -0.25) is 0 Å². The summed E-state index contributed by atoms with van der Waals surface area (Å²) in [4.78, 5) is 0. The fourth-order valence-electron chi connectivity index (χ4n) is 5.46. The molecule has 31 heavy (non-hydrogen) atoms. The minimum absolute atomic E-state index is 1.30. The molecule has 0 heterocycles. The zero-order chi connectivity index (χ0) is 22.2. The Balaban J connectivity index is 2.29. The lowest BCUT2D eigenvalue weighted by molar-refractivity contribution is 1.39. The molecular formula is C30H32B-. The normalized spacial score (nSPS) is 11.5. The Labute approximate surface area is 187 Å². The van der Waals surface area contributed by atoms with Gasteiger partial charge in [0.1, 0.15) is 6.15 Å². The number of hydrogen-bond donors (Lipinski definition) is 0. The molecule has 0 aliphatic carbocycles. The van der Waals surface area contributed by atoms with Crippen molar-refractivity contribution in [1.82, 2.24) is 0 Å². The molecule has 0 bridgehead atoms. The minimum Gasteiger partial charge on any atom is -0.195 e. The van der Waals surface area contributed by atoms with E-state index >= 15 is 0 Å². The van der Waals surface area contributed by atoms with Crippen LogP contribution in [0.2, 0.25) is 0 Å². The van der Waals surface area contributed by atoms with Gasteiger partial charge in [-0.05, 0) is 41.5 Å². The molecule has 4 aromatic rings. The predicted octanol–water partition coefficient (Wildman–Crippen LogP) is 4.91. The van der Waals surface area contributed by atoms with Gasteiger partial charge in [-0.1, -0.05) is 118 Å². The summed E-state index contributed by atoms with van der Waals surface area (Å²) >= 11 is 0. The highest BCUT2D eigenvalue weighted by Crippen LogP contribution is 2.18. The Morgan fingerprint density at radius 1 is 0.419 bits per heavy atom. The van der Waals surface area contributed by atoms with Gasteiger partial charge in [0.2, 0.25) is 0 Å². The molecule has 0 aliphatic heterocycles. The summed E-state index contributed by atoms with van der Waals surface area (Å²) in [5, 5.41) is 0. The first-order chi connectivity index (χ1) is 14.8. The van der Waals surface area contributed by atoms with Crippen LogP contribution < -0.4 is 21.9 Å². The lowest BCUT2D eigenvalue weighted by atomic mass is 9.12. The zero-order valence-corrected chi connectivity index (χ0v) is 19.7. The molecule has 0 amide bonds. The fraction of sp³-hybridized carbons (Fsp3) is 0.200. The number of benzene rings is 4. The van der Waals surface area contributed by atoms with Crippen molar-refractivity contribution in [3.8, 4) is 0 Å². The first kappa shape index (κ1) is 21.2. The zero-order valence-electron chi connectivity index (χ0n) is 19.7. The summed E-state index contributed by atoms with van der Waals surface area (Å²) in [7, 11) is 0. The molecule has 0 unspecified atom stereocenters. The summed E-state index contributed by atoms with van der Waals surface area (Å²) < 4.78 is 0. The highest BCUT2D eigenvalue weighted by molar-refractivity contribution is 7.20. The molecule has 0 saturated heterocycles. The maximum atomic E-state index is 2.42. The predicted molar refractivity (Wildman–Crippen MR) is 138 cm³/mol. The largest absolute Gasteiger partial charge is 0.195 e. The van der Waals surface area contributed by atoms with Gasteiger partial charge < -0.3 is 0 Å². The van der Waals surface area contributed by atoms with Crippen LogP contribution in [-0.4, -0.2) is 6.15 Å². The van der Waals surface area contributed by atoms with E-state index in [0.717, 1.165) is 0 Å². The molecule has 1 heteroatoms. The van der Waals surface area contributed by atoms with E-state index in [1.54, 1.807) is 0 Å². The summed E-state index contributed by atoms with van der Waals surface area (Å²) in [6, 6.07) is 32.0. The van der Waals surface area contributed by atoms with E-state index in [1.165, 1.54) is 55.2 Å². The van der Waals surface area contributed by atoms with Crippen molar-refractivity contribution in [2.45, 2.75) is 41.5 Å². The molecule has 0 radical (unpaired) electrons.